The Morgan fingerprint density at radius 3 is 2.25 bits per heavy atom. The molecule has 3 nitrogen and oxygen atoms in total. The van der Waals surface area contributed by atoms with Crippen molar-refractivity contribution in [1.29, 1.82) is 0 Å². The van der Waals surface area contributed by atoms with E-state index in [1.807, 2.05) is 11.9 Å². The molecule has 0 unspecified atom stereocenters. The van der Waals surface area contributed by atoms with Gasteiger partial charge >= 0.3 is 0 Å². The van der Waals surface area contributed by atoms with Gasteiger partial charge in [-0.2, -0.15) is 0 Å². The van der Waals surface area contributed by atoms with E-state index >= 15 is 0 Å². The third-order valence-corrected chi connectivity index (χ3v) is 5.39. The average molecular weight is 331 g/mol. The molecule has 1 aliphatic heterocycles. The first-order valence-electron chi connectivity index (χ1n) is 9.38. The van der Waals surface area contributed by atoms with Gasteiger partial charge in [-0.25, -0.2) is 0 Å². The number of aryl methyl sites for hydroxylation is 1. The number of nitrogens with zero attached hydrogens (tertiary/aromatic N) is 2. The lowest BCUT2D eigenvalue weighted by molar-refractivity contribution is -0.132. The molecule has 1 aromatic carbocycles. The number of hydrogen-bond acceptors (Lipinski definition) is 2. The van der Waals surface area contributed by atoms with Crippen molar-refractivity contribution >= 4 is 5.91 Å². The topological polar surface area (TPSA) is 23.6 Å². The Labute approximate surface area is 148 Å². The molecule has 0 aliphatic carbocycles. The molecule has 3 heteroatoms. The zero-order valence-corrected chi connectivity index (χ0v) is 16.1. The highest BCUT2D eigenvalue weighted by atomic mass is 16.2. The van der Waals surface area contributed by atoms with Crippen LogP contribution in [0.15, 0.2) is 24.3 Å². The highest BCUT2D eigenvalue weighted by Gasteiger charge is 2.24. The van der Waals surface area contributed by atoms with Gasteiger partial charge in [0.2, 0.25) is 5.91 Å². The second-order valence-electron chi connectivity index (χ2n) is 8.12. The van der Waals surface area contributed by atoms with Crippen LogP contribution in [-0.2, 0) is 16.6 Å². The maximum absolute atomic E-state index is 12.5. The van der Waals surface area contributed by atoms with Gasteiger partial charge in [-0.3, -0.25) is 4.79 Å². The molecular weight excluding hydrogens is 296 g/mol. The minimum absolute atomic E-state index is 0.182. The highest BCUT2D eigenvalue weighted by molar-refractivity contribution is 5.76. The zero-order chi connectivity index (χ0) is 17.7. The van der Waals surface area contributed by atoms with E-state index in [0.717, 1.165) is 38.9 Å². The summed E-state index contributed by atoms with van der Waals surface area (Å²) in [5.74, 6) is 0.282. The Morgan fingerprint density at radius 1 is 1.17 bits per heavy atom. The van der Waals surface area contributed by atoms with Gasteiger partial charge in [-0.05, 0) is 42.3 Å². The number of hydrogen-bond donors (Lipinski definition) is 0. The third kappa shape index (κ3) is 5.07. The van der Waals surface area contributed by atoms with E-state index < -0.39 is 0 Å². The number of benzene rings is 1. The van der Waals surface area contributed by atoms with Crippen LogP contribution in [0.5, 0.6) is 0 Å². The largest absolute Gasteiger partial charge is 0.343 e. The number of carbonyl (C=O) groups excluding carboxylic acids is 1. The molecule has 24 heavy (non-hydrogen) atoms. The Morgan fingerprint density at radius 2 is 1.75 bits per heavy atom. The molecule has 0 bridgehead atoms. The maximum Gasteiger partial charge on any atom is 0.222 e. The van der Waals surface area contributed by atoms with Crippen molar-refractivity contribution < 1.29 is 4.79 Å². The Kier molecular flexibility index (Phi) is 6.45. The lowest BCUT2D eigenvalue weighted by Gasteiger charge is -2.36. The lowest BCUT2D eigenvalue weighted by Crippen LogP contribution is -2.45. The van der Waals surface area contributed by atoms with E-state index in [-0.39, 0.29) is 11.3 Å². The number of rotatable bonds is 5. The van der Waals surface area contributed by atoms with Gasteiger partial charge in [0, 0.05) is 32.6 Å². The molecule has 0 aromatic heterocycles. The molecule has 0 N–H and O–H groups in total. The van der Waals surface area contributed by atoms with E-state index in [0.29, 0.717) is 12.5 Å². The molecule has 1 amide bonds. The van der Waals surface area contributed by atoms with Gasteiger partial charge in [-0.15, -0.1) is 0 Å². The summed E-state index contributed by atoms with van der Waals surface area (Å²) < 4.78 is 0. The Bertz CT molecular complexity index is 522. The molecule has 1 saturated heterocycles. The summed E-state index contributed by atoms with van der Waals surface area (Å²) in [5, 5.41) is 0. The summed E-state index contributed by atoms with van der Waals surface area (Å²) in [5.41, 5.74) is 2.78. The minimum Gasteiger partial charge on any atom is -0.343 e. The van der Waals surface area contributed by atoms with Crippen LogP contribution in [0.1, 0.15) is 58.1 Å². The molecule has 0 radical (unpaired) electrons. The van der Waals surface area contributed by atoms with Crippen LogP contribution >= 0.6 is 0 Å². The smallest absolute Gasteiger partial charge is 0.222 e. The Hall–Kier alpha value is -1.35. The Balaban J connectivity index is 1.82. The van der Waals surface area contributed by atoms with Crippen molar-refractivity contribution in [2.24, 2.45) is 0 Å². The summed E-state index contributed by atoms with van der Waals surface area (Å²) in [6.07, 6.45) is 3.66. The van der Waals surface area contributed by atoms with Gasteiger partial charge in [-0.1, -0.05) is 52.0 Å². The van der Waals surface area contributed by atoms with Crippen LogP contribution in [0.2, 0.25) is 0 Å². The van der Waals surface area contributed by atoms with Crippen molar-refractivity contribution in [3.8, 4) is 0 Å². The molecule has 134 valence electrons. The van der Waals surface area contributed by atoms with Crippen LogP contribution in [0.25, 0.3) is 0 Å². The zero-order valence-electron chi connectivity index (χ0n) is 16.1. The molecule has 0 spiro atoms. The van der Waals surface area contributed by atoms with Crippen LogP contribution < -0.4 is 0 Å². The predicted molar refractivity (Wildman–Crippen MR) is 101 cm³/mol. The summed E-state index contributed by atoms with van der Waals surface area (Å²) >= 11 is 0. The molecule has 1 fully saturated rings. The van der Waals surface area contributed by atoms with Crippen LogP contribution in [0, 0.1) is 0 Å². The average Bonchev–Trinajstić information content (AvgIpc) is 2.58. The van der Waals surface area contributed by atoms with Crippen molar-refractivity contribution in [2.45, 2.75) is 64.8 Å². The first-order chi connectivity index (χ1) is 11.3. The monoisotopic (exact) mass is 330 g/mol. The molecule has 0 saturated carbocycles. The summed E-state index contributed by atoms with van der Waals surface area (Å²) in [6.45, 7) is 12.2. The van der Waals surface area contributed by atoms with Crippen LogP contribution in [0.3, 0.4) is 0 Å². The van der Waals surface area contributed by atoms with E-state index in [1.165, 1.54) is 11.1 Å². The molecular formula is C21H34N2O. The molecule has 0 atom stereocenters. The fourth-order valence-corrected chi connectivity index (χ4v) is 3.43. The molecule has 2 rings (SSSR count). The fourth-order valence-electron chi connectivity index (χ4n) is 3.43. The van der Waals surface area contributed by atoms with Gasteiger partial charge in [0.15, 0.2) is 0 Å². The van der Waals surface area contributed by atoms with Gasteiger partial charge in [0.1, 0.15) is 0 Å². The first kappa shape index (κ1) is 19.0. The molecule has 1 aliphatic rings. The number of amides is 1. The quantitative estimate of drug-likeness (QED) is 0.818. The second kappa shape index (κ2) is 8.15. The second-order valence-corrected chi connectivity index (χ2v) is 8.12. The first-order valence-corrected chi connectivity index (χ1v) is 9.38. The molecule has 1 aromatic rings. The van der Waals surface area contributed by atoms with Crippen LogP contribution in [0.4, 0.5) is 0 Å². The SMILES string of the molecule is CCN1CCC(N(C)C(=O)CCc2ccc(C(C)(C)C)cc2)CC1. The summed E-state index contributed by atoms with van der Waals surface area (Å²) in [6, 6.07) is 9.17. The normalized spacial score (nSPS) is 17.0. The minimum atomic E-state index is 0.182. The fraction of sp³-hybridized carbons (Fsp3) is 0.667. The molecule has 1 heterocycles. The number of likely N-dealkylation sites (tertiary alicyclic amines) is 1. The third-order valence-electron chi connectivity index (χ3n) is 5.39. The summed E-state index contributed by atoms with van der Waals surface area (Å²) in [7, 11) is 1.98. The number of piperidine rings is 1. The standard InChI is InChI=1S/C21H34N2O/c1-6-23-15-13-19(14-16-23)22(5)20(24)12-9-17-7-10-18(11-8-17)21(2,3)4/h7-8,10-11,19H,6,9,12-16H2,1-5H3. The van der Waals surface area contributed by atoms with Gasteiger partial charge < -0.3 is 9.80 Å². The van der Waals surface area contributed by atoms with Crippen molar-refractivity contribution in [3.63, 3.8) is 0 Å². The van der Waals surface area contributed by atoms with Crippen molar-refractivity contribution in [1.82, 2.24) is 9.80 Å². The lowest BCUT2D eigenvalue weighted by atomic mass is 9.86. The van der Waals surface area contributed by atoms with Crippen LogP contribution in [-0.4, -0.2) is 48.4 Å². The summed E-state index contributed by atoms with van der Waals surface area (Å²) in [4.78, 5) is 17.0. The van der Waals surface area contributed by atoms with E-state index in [2.05, 4.69) is 56.9 Å². The predicted octanol–water partition coefficient (Wildman–Crippen LogP) is 3.86. The highest BCUT2D eigenvalue weighted by Crippen LogP contribution is 2.22. The van der Waals surface area contributed by atoms with E-state index in [9.17, 15) is 4.79 Å². The van der Waals surface area contributed by atoms with Gasteiger partial charge in [0.05, 0.1) is 0 Å². The van der Waals surface area contributed by atoms with E-state index in [1.54, 1.807) is 0 Å². The van der Waals surface area contributed by atoms with Gasteiger partial charge in [0.25, 0.3) is 0 Å². The maximum atomic E-state index is 12.5. The van der Waals surface area contributed by atoms with Crippen molar-refractivity contribution in [3.05, 3.63) is 35.4 Å². The van der Waals surface area contributed by atoms with E-state index in [4.69, 9.17) is 0 Å². The van der Waals surface area contributed by atoms with Crippen molar-refractivity contribution in [2.75, 3.05) is 26.7 Å². The number of carbonyl (C=O) groups is 1.